The van der Waals surface area contributed by atoms with Crippen LogP contribution in [0.25, 0.3) is 11.1 Å². The summed E-state index contributed by atoms with van der Waals surface area (Å²) in [4.78, 5) is 0. The summed E-state index contributed by atoms with van der Waals surface area (Å²) in [5.41, 5.74) is 17.9. The van der Waals surface area contributed by atoms with Crippen LogP contribution in [0.4, 0.5) is 11.4 Å². The molecule has 2 nitrogen and oxygen atoms in total. The van der Waals surface area contributed by atoms with Crippen LogP contribution in [-0.4, -0.2) is 0 Å². The van der Waals surface area contributed by atoms with Crippen molar-refractivity contribution in [3.8, 4) is 11.1 Å². The Morgan fingerprint density at radius 3 is 1.28 bits per heavy atom. The maximum absolute atomic E-state index is 6.00. The quantitative estimate of drug-likeness (QED) is 0.779. The normalized spacial score (nSPS) is 9.22. The van der Waals surface area contributed by atoms with Crippen molar-refractivity contribution in [3.05, 3.63) is 47.5 Å². The van der Waals surface area contributed by atoms with E-state index in [1.807, 2.05) is 50.2 Å². The minimum absolute atomic E-state index is 0. The molecule has 0 unspecified atom stereocenters. The lowest BCUT2D eigenvalue weighted by Crippen LogP contribution is -1.95. The molecule has 98 valence electrons. The number of nitrogen functional groups attached to an aromatic ring is 2. The van der Waals surface area contributed by atoms with Gasteiger partial charge in [0.2, 0.25) is 0 Å². The second kappa shape index (κ2) is 6.53. The van der Waals surface area contributed by atoms with Gasteiger partial charge in [0, 0.05) is 22.5 Å². The van der Waals surface area contributed by atoms with Crippen molar-refractivity contribution in [2.45, 2.75) is 13.8 Å². The van der Waals surface area contributed by atoms with Gasteiger partial charge >= 0.3 is 0 Å². The molecule has 18 heavy (non-hydrogen) atoms. The summed E-state index contributed by atoms with van der Waals surface area (Å²) in [6.07, 6.45) is 0. The monoisotopic (exact) mass is 284 g/mol. The molecule has 0 aromatic heterocycles. The largest absolute Gasteiger partial charge is 0.398 e. The van der Waals surface area contributed by atoms with E-state index in [-0.39, 0.29) is 24.8 Å². The van der Waals surface area contributed by atoms with Crippen LogP contribution in [0.15, 0.2) is 36.4 Å². The van der Waals surface area contributed by atoms with Crippen LogP contribution in [0.3, 0.4) is 0 Å². The Morgan fingerprint density at radius 1 is 0.667 bits per heavy atom. The number of hydrogen-bond donors (Lipinski definition) is 2. The highest BCUT2D eigenvalue weighted by Gasteiger charge is 2.06. The first-order chi connectivity index (χ1) is 7.58. The van der Waals surface area contributed by atoms with Gasteiger partial charge < -0.3 is 11.5 Å². The third-order valence-electron chi connectivity index (χ3n) is 2.70. The fourth-order valence-electron chi connectivity index (χ4n) is 1.85. The van der Waals surface area contributed by atoms with Crippen LogP contribution < -0.4 is 11.5 Å². The van der Waals surface area contributed by atoms with E-state index in [0.717, 1.165) is 33.6 Å². The molecule has 4 heteroatoms. The van der Waals surface area contributed by atoms with Crippen molar-refractivity contribution in [1.29, 1.82) is 0 Å². The van der Waals surface area contributed by atoms with Crippen molar-refractivity contribution in [3.63, 3.8) is 0 Å². The molecular weight excluding hydrogens is 267 g/mol. The highest BCUT2D eigenvalue weighted by molar-refractivity contribution is 5.86. The fraction of sp³-hybridized carbons (Fsp3) is 0.143. The van der Waals surface area contributed by atoms with E-state index in [4.69, 9.17) is 11.5 Å². The Hall–Kier alpha value is -1.38. The van der Waals surface area contributed by atoms with Crippen LogP contribution in [0.2, 0.25) is 0 Å². The first-order valence-electron chi connectivity index (χ1n) is 5.30. The molecule has 0 saturated carbocycles. The van der Waals surface area contributed by atoms with Crippen molar-refractivity contribution in [1.82, 2.24) is 0 Å². The lowest BCUT2D eigenvalue weighted by atomic mass is 9.99. The summed E-state index contributed by atoms with van der Waals surface area (Å²) in [5.74, 6) is 0. The van der Waals surface area contributed by atoms with E-state index >= 15 is 0 Å². The SMILES string of the molecule is Cc1ccc(-c2ccc(C)cc2N)c(N)c1.Cl.Cl. The van der Waals surface area contributed by atoms with Gasteiger partial charge in [-0.05, 0) is 37.1 Å². The van der Waals surface area contributed by atoms with E-state index < -0.39 is 0 Å². The molecule has 0 spiro atoms. The van der Waals surface area contributed by atoms with Gasteiger partial charge in [0.15, 0.2) is 0 Å². The molecule has 2 aromatic carbocycles. The summed E-state index contributed by atoms with van der Waals surface area (Å²) in [6.45, 7) is 4.05. The predicted molar refractivity (Wildman–Crippen MR) is 84.7 cm³/mol. The molecule has 2 rings (SSSR count). The van der Waals surface area contributed by atoms with E-state index in [1.54, 1.807) is 0 Å². The van der Waals surface area contributed by atoms with Crippen molar-refractivity contribution in [2.75, 3.05) is 11.5 Å². The molecule has 0 radical (unpaired) electrons. The minimum atomic E-state index is 0. The smallest absolute Gasteiger partial charge is 0.0397 e. The van der Waals surface area contributed by atoms with Crippen LogP contribution in [-0.2, 0) is 0 Å². The molecule has 2 aromatic rings. The van der Waals surface area contributed by atoms with Gasteiger partial charge in [-0.25, -0.2) is 0 Å². The summed E-state index contributed by atoms with van der Waals surface area (Å²) < 4.78 is 0. The Labute approximate surface area is 120 Å². The first kappa shape index (κ1) is 16.6. The maximum atomic E-state index is 6.00. The molecule has 0 atom stereocenters. The van der Waals surface area contributed by atoms with Gasteiger partial charge in [-0.2, -0.15) is 0 Å². The van der Waals surface area contributed by atoms with Gasteiger partial charge in [-0.1, -0.05) is 24.3 Å². The maximum Gasteiger partial charge on any atom is 0.0397 e. The molecule has 0 aliphatic carbocycles. The third kappa shape index (κ3) is 3.31. The third-order valence-corrected chi connectivity index (χ3v) is 2.70. The van der Waals surface area contributed by atoms with E-state index in [9.17, 15) is 0 Å². The number of rotatable bonds is 1. The Balaban J connectivity index is 0.00000144. The predicted octanol–water partition coefficient (Wildman–Crippen LogP) is 3.98. The second-order valence-electron chi connectivity index (χ2n) is 4.18. The van der Waals surface area contributed by atoms with Gasteiger partial charge in [-0.15, -0.1) is 24.8 Å². The standard InChI is InChI=1S/C14H16N2.2ClH/c1-9-3-5-11(13(15)7-9)12-6-4-10(2)8-14(12)16;;/h3-8H,15-16H2,1-2H3;2*1H. The van der Waals surface area contributed by atoms with Crippen LogP contribution in [0.5, 0.6) is 0 Å². The van der Waals surface area contributed by atoms with Gasteiger partial charge in [0.25, 0.3) is 0 Å². The topological polar surface area (TPSA) is 52.0 Å². The van der Waals surface area contributed by atoms with Crippen molar-refractivity contribution >= 4 is 36.2 Å². The fourth-order valence-corrected chi connectivity index (χ4v) is 1.85. The average molecular weight is 285 g/mol. The zero-order valence-corrected chi connectivity index (χ0v) is 12.1. The van der Waals surface area contributed by atoms with Gasteiger partial charge in [0.1, 0.15) is 0 Å². The number of benzene rings is 2. The van der Waals surface area contributed by atoms with Crippen LogP contribution in [0, 0.1) is 13.8 Å². The highest BCUT2D eigenvalue weighted by atomic mass is 35.5. The van der Waals surface area contributed by atoms with Crippen molar-refractivity contribution in [2.24, 2.45) is 0 Å². The zero-order valence-electron chi connectivity index (χ0n) is 10.4. The van der Waals surface area contributed by atoms with Gasteiger partial charge in [0.05, 0.1) is 0 Å². The summed E-state index contributed by atoms with van der Waals surface area (Å²) >= 11 is 0. The molecule has 4 N–H and O–H groups in total. The summed E-state index contributed by atoms with van der Waals surface area (Å²) in [5, 5.41) is 0. The zero-order chi connectivity index (χ0) is 11.7. The highest BCUT2D eigenvalue weighted by Crippen LogP contribution is 2.31. The van der Waals surface area contributed by atoms with E-state index in [1.165, 1.54) is 0 Å². The lowest BCUT2D eigenvalue weighted by molar-refractivity contribution is 1.45. The number of anilines is 2. The summed E-state index contributed by atoms with van der Waals surface area (Å²) in [7, 11) is 0. The molecule has 0 fully saturated rings. The van der Waals surface area contributed by atoms with Crippen LogP contribution >= 0.6 is 24.8 Å². The molecule has 0 saturated heterocycles. The van der Waals surface area contributed by atoms with Crippen molar-refractivity contribution < 1.29 is 0 Å². The molecule has 0 heterocycles. The Bertz CT molecular complexity index is 490. The van der Waals surface area contributed by atoms with Gasteiger partial charge in [-0.3, -0.25) is 0 Å². The number of nitrogens with two attached hydrogens (primary N) is 2. The second-order valence-corrected chi connectivity index (χ2v) is 4.18. The molecule has 0 aliphatic rings. The molecule has 0 aliphatic heterocycles. The van der Waals surface area contributed by atoms with Crippen LogP contribution in [0.1, 0.15) is 11.1 Å². The number of hydrogen-bond acceptors (Lipinski definition) is 2. The average Bonchev–Trinajstić information content (AvgIpc) is 2.19. The minimum Gasteiger partial charge on any atom is -0.398 e. The molecular formula is C14H18Cl2N2. The Kier molecular flexibility index (Phi) is 6.02. The van der Waals surface area contributed by atoms with E-state index in [2.05, 4.69) is 0 Å². The number of aryl methyl sites for hydroxylation is 2. The number of halogens is 2. The Morgan fingerprint density at radius 2 is 1.00 bits per heavy atom. The summed E-state index contributed by atoms with van der Waals surface area (Å²) in [6, 6.07) is 12.1. The first-order valence-corrected chi connectivity index (χ1v) is 5.30. The lowest BCUT2D eigenvalue weighted by Gasteiger charge is -2.10. The van der Waals surface area contributed by atoms with E-state index in [0.29, 0.717) is 0 Å². The molecule has 0 amide bonds. The molecule has 0 bridgehead atoms.